The number of aromatic nitrogens is 1. The van der Waals surface area contributed by atoms with E-state index in [0.717, 1.165) is 13.0 Å². The molecule has 186 valence electrons. The Morgan fingerprint density at radius 3 is 2.21 bits per heavy atom. The molecule has 0 aliphatic heterocycles. The third-order valence-electron chi connectivity index (χ3n) is 4.34. The topological polar surface area (TPSA) is 105 Å². The van der Waals surface area contributed by atoms with Gasteiger partial charge in [0.15, 0.2) is 9.84 Å². The van der Waals surface area contributed by atoms with Gasteiger partial charge in [-0.2, -0.15) is 26.3 Å². The molecule has 0 radical (unpaired) electrons. The first-order valence-corrected chi connectivity index (χ1v) is 11.3. The molecule has 0 unspecified atom stereocenters. The molecule has 2 aromatic rings. The van der Waals surface area contributed by atoms with Gasteiger partial charge < -0.3 is 10.6 Å². The second kappa shape index (κ2) is 9.78. The number of rotatable bonds is 6. The standard InChI is InChI=1S/C19H16ClF6N3O4S/c1-3-34(32,33)13-5-10(19(24,25)26)7-27-15(13)17(31)29-14-9(2)4-11(20)6-12(14)16(30)28-8-18(21,22)23/h4-7H,3,8H2,1-2H3,(H,28,30)(H,29,31). The molecular formula is C19H16ClF6N3O4S. The van der Waals surface area contributed by atoms with Gasteiger partial charge in [0.25, 0.3) is 11.8 Å². The summed E-state index contributed by atoms with van der Waals surface area (Å²) in [5.74, 6) is -3.22. The van der Waals surface area contributed by atoms with Gasteiger partial charge in [-0.1, -0.05) is 18.5 Å². The normalized spacial score (nSPS) is 12.4. The number of hydrogen-bond donors (Lipinski definition) is 2. The van der Waals surface area contributed by atoms with Gasteiger partial charge >= 0.3 is 12.4 Å². The molecule has 0 atom stereocenters. The lowest BCUT2D eigenvalue weighted by atomic mass is 10.1. The summed E-state index contributed by atoms with van der Waals surface area (Å²) in [5, 5.41) is 3.69. The Morgan fingerprint density at radius 1 is 1.06 bits per heavy atom. The number of nitrogens with one attached hydrogen (secondary N) is 2. The van der Waals surface area contributed by atoms with Crippen molar-refractivity contribution in [1.29, 1.82) is 0 Å². The Bertz CT molecular complexity index is 1230. The number of carbonyl (C=O) groups excluding carboxylic acids is 2. The first-order chi connectivity index (χ1) is 15.5. The number of nitrogens with zero attached hydrogens (tertiary/aromatic N) is 1. The largest absolute Gasteiger partial charge is 0.417 e. The molecule has 0 saturated heterocycles. The zero-order valence-corrected chi connectivity index (χ0v) is 18.9. The number of benzene rings is 1. The van der Waals surface area contributed by atoms with Crippen LogP contribution in [0, 0.1) is 6.92 Å². The maximum absolute atomic E-state index is 13.1. The molecule has 0 aliphatic rings. The maximum Gasteiger partial charge on any atom is 0.417 e. The first-order valence-electron chi connectivity index (χ1n) is 9.22. The van der Waals surface area contributed by atoms with Crippen molar-refractivity contribution in [3.63, 3.8) is 0 Å². The molecule has 1 aromatic heterocycles. The van der Waals surface area contributed by atoms with Crippen molar-refractivity contribution in [1.82, 2.24) is 10.3 Å². The Hall–Kier alpha value is -2.87. The molecular weight excluding hydrogens is 516 g/mol. The van der Waals surface area contributed by atoms with Crippen molar-refractivity contribution in [2.45, 2.75) is 31.1 Å². The number of aryl methyl sites for hydroxylation is 1. The van der Waals surface area contributed by atoms with Gasteiger partial charge in [0.1, 0.15) is 12.2 Å². The highest BCUT2D eigenvalue weighted by Crippen LogP contribution is 2.32. The van der Waals surface area contributed by atoms with E-state index in [1.165, 1.54) is 13.0 Å². The number of halogens is 7. The van der Waals surface area contributed by atoms with Crippen LogP contribution in [0.5, 0.6) is 0 Å². The molecule has 0 aliphatic carbocycles. The third kappa shape index (κ3) is 6.59. The van der Waals surface area contributed by atoms with Crippen LogP contribution in [0.25, 0.3) is 0 Å². The van der Waals surface area contributed by atoms with Crippen LogP contribution >= 0.6 is 11.6 Å². The fraction of sp³-hybridized carbons (Fsp3) is 0.316. The molecule has 0 saturated carbocycles. The summed E-state index contributed by atoms with van der Waals surface area (Å²) >= 11 is 5.86. The quantitative estimate of drug-likeness (QED) is 0.538. The average Bonchev–Trinajstić information content (AvgIpc) is 2.71. The Labute approximate surface area is 194 Å². The molecule has 1 aromatic carbocycles. The fourth-order valence-corrected chi connectivity index (χ4v) is 4.03. The molecule has 7 nitrogen and oxygen atoms in total. The van der Waals surface area contributed by atoms with Crippen LogP contribution in [-0.2, 0) is 16.0 Å². The average molecular weight is 532 g/mol. The lowest BCUT2D eigenvalue weighted by molar-refractivity contribution is -0.138. The number of alkyl halides is 6. The molecule has 2 N–H and O–H groups in total. The predicted octanol–water partition coefficient (Wildman–Crippen LogP) is 4.40. The predicted molar refractivity (Wildman–Crippen MR) is 109 cm³/mol. The summed E-state index contributed by atoms with van der Waals surface area (Å²) in [5.41, 5.74) is -3.04. The highest BCUT2D eigenvalue weighted by Gasteiger charge is 2.35. The van der Waals surface area contributed by atoms with Gasteiger partial charge in [-0.05, 0) is 30.7 Å². The summed E-state index contributed by atoms with van der Waals surface area (Å²) in [6, 6.07) is 2.47. The van der Waals surface area contributed by atoms with E-state index in [2.05, 4.69) is 10.3 Å². The summed E-state index contributed by atoms with van der Waals surface area (Å²) in [6.45, 7) is 0.791. The molecule has 0 bridgehead atoms. The second-order valence-electron chi connectivity index (χ2n) is 6.87. The van der Waals surface area contributed by atoms with Gasteiger partial charge in [0, 0.05) is 11.2 Å². The van der Waals surface area contributed by atoms with Crippen LogP contribution in [0.4, 0.5) is 32.0 Å². The number of anilines is 1. The minimum atomic E-state index is -4.95. The monoisotopic (exact) mass is 531 g/mol. The highest BCUT2D eigenvalue weighted by molar-refractivity contribution is 7.91. The Balaban J connectivity index is 2.55. The maximum atomic E-state index is 13.1. The second-order valence-corrected chi connectivity index (χ2v) is 9.55. The zero-order chi connectivity index (χ0) is 26.1. The Kier molecular flexibility index (Phi) is 7.87. The molecule has 34 heavy (non-hydrogen) atoms. The lowest BCUT2D eigenvalue weighted by Gasteiger charge is -2.17. The molecule has 15 heteroatoms. The van der Waals surface area contributed by atoms with Crippen LogP contribution in [0.1, 0.15) is 38.9 Å². The van der Waals surface area contributed by atoms with Gasteiger partial charge in [0.05, 0.1) is 27.5 Å². The van der Waals surface area contributed by atoms with E-state index in [-0.39, 0.29) is 28.5 Å². The van der Waals surface area contributed by atoms with Crippen molar-refractivity contribution in [2.75, 3.05) is 17.6 Å². The Morgan fingerprint density at radius 2 is 1.68 bits per heavy atom. The number of sulfone groups is 1. The summed E-state index contributed by atoms with van der Waals surface area (Å²) in [4.78, 5) is 27.5. The van der Waals surface area contributed by atoms with E-state index in [9.17, 15) is 44.3 Å². The van der Waals surface area contributed by atoms with E-state index in [1.807, 2.05) is 0 Å². The minimum Gasteiger partial charge on any atom is -0.343 e. The van der Waals surface area contributed by atoms with Crippen LogP contribution in [0.3, 0.4) is 0 Å². The van der Waals surface area contributed by atoms with Gasteiger partial charge in [-0.3, -0.25) is 9.59 Å². The number of pyridine rings is 1. The number of carbonyl (C=O) groups is 2. The molecule has 2 rings (SSSR count). The van der Waals surface area contributed by atoms with Crippen molar-refractivity contribution >= 4 is 38.9 Å². The van der Waals surface area contributed by atoms with Crippen LogP contribution < -0.4 is 10.6 Å². The fourth-order valence-electron chi connectivity index (χ4n) is 2.70. The lowest BCUT2D eigenvalue weighted by Crippen LogP contribution is -2.34. The summed E-state index contributed by atoms with van der Waals surface area (Å²) in [6.07, 6.45) is -9.42. The zero-order valence-electron chi connectivity index (χ0n) is 17.4. The van der Waals surface area contributed by atoms with Crippen LogP contribution in [0.2, 0.25) is 5.02 Å². The van der Waals surface area contributed by atoms with Crippen molar-refractivity contribution in [3.8, 4) is 0 Å². The first kappa shape index (κ1) is 27.4. The van der Waals surface area contributed by atoms with Crippen molar-refractivity contribution < 1.29 is 44.3 Å². The minimum absolute atomic E-state index is 0.0606. The SMILES string of the molecule is CCS(=O)(=O)c1cc(C(F)(F)F)cnc1C(=O)Nc1c(C)cc(Cl)cc1C(=O)NCC(F)(F)F. The van der Waals surface area contributed by atoms with E-state index >= 15 is 0 Å². The van der Waals surface area contributed by atoms with Gasteiger partial charge in [-0.25, -0.2) is 13.4 Å². The number of amides is 2. The summed E-state index contributed by atoms with van der Waals surface area (Å²) < 4.78 is 101. The van der Waals surface area contributed by atoms with Crippen LogP contribution in [0.15, 0.2) is 29.3 Å². The highest BCUT2D eigenvalue weighted by atomic mass is 35.5. The van der Waals surface area contributed by atoms with Gasteiger partial charge in [-0.15, -0.1) is 0 Å². The molecule has 2 amide bonds. The third-order valence-corrected chi connectivity index (χ3v) is 6.30. The van der Waals surface area contributed by atoms with Crippen LogP contribution in [-0.4, -0.2) is 43.7 Å². The van der Waals surface area contributed by atoms with E-state index in [1.54, 1.807) is 5.32 Å². The number of hydrogen-bond acceptors (Lipinski definition) is 5. The smallest absolute Gasteiger partial charge is 0.343 e. The van der Waals surface area contributed by atoms with E-state index in [0.29, 0.717) is 0 Å². The van der Waals surface area contributed by atoms with Crippen molar-refractivity contribution in [3.05, 3.63) is 51.8 Å². The van der Waals surface area contributed by atoms with Crippen molar-refractivity contribution in [2.24, 2.45) is 0 Å². The van der Waals surface area contributed by atoms with E-state index < -0.39 is 68.0 Å². The summed E-state index contributed by atoms with van der Waals surface area (Å²) in [7, 11) is -4.37. The molecule has 1 heterocycles. The van der Waals surface area contributed by atoms with Gasteiger partial charge in [0.2, 0.25) is 0 Å². The molecule has 0 fully saturated rings. The van der Waals surface area contributed by atoms with E-state index in [4.69, 9.17) is 11.6 Å². The molecule has 0 spiro atoms.